The Hall–Kier alpha value is -5.74. The van der Waals surface area contributed by atoms with Crippen LogP contribution in [-0.2, 0) is 14.3 Å². The van der Waals surface area contributed by atoms with Crippen LogP contribution in [0, 0.1) is 0 Å². The maximum absolute atomic E-state index is 13.0. The van der Waals surface area contributed by atoms with Crippen LogP contribution >= 0.6 is 0 Å². The third-order valence-corrected chi connectivity index (χ3v) is 8.89. The van der Waals surface area contributed by atoms with Gasteiger partial charge in [-0.1, -0.05) is 61.5 Å². The van der Waals surface area contributed by atoms with E-state index in [1.54, 1.807) is 18.2 Å². The number of aromatic hydroxyl groups is 1. The Morgan fingerprint density at radius 2 is 1.33 bits per heavy atom. The lowest BCUT2D eigenvalue weighted by molar-refractivity contribution is -0.136. The van der Waals surface area contributed by atoms with E-state index in [0.29, 0.717) is 45.0 Å². The minimum Gasteiger partial charge on any atom is -0.508 e. The van der Waals surface area contributed by atoms with Gasteiger partial charge in [0.2, 0.25) is 11.8 Å². The van der Waals surface area contributed by atoms with Gasteiger partial charge in [-0.3, -0.25) is 29.4 Å². The zero-order chi connectivity index (χ0) is 35.7. The average Bonchev–Trinajstić information content (AvgIpc) is 3.39. The number of benzene rings is 4. The first-order valence-corrected chi connectivity index (χ1v) is 17.2. The molecule has 6 rings (SSSR count). The Balaban J connectivity index is 0.935. The Labute approximate surface area is 296 Å². The largest absolute Gasteiger partial charge is 0.508 e. The number of nitrogens with one attached hydrogen (secondary N) is 1. The van der Waals surface area contributed by atoms with Crippen LogP contribution in [-0.4, -0.2) is 66.1 Å². The zero-order valence-electron chi connectivity index (χ0n) is 28.4. The normalized spacial score (nSPS) is 16.1. The van der Waals surface area contributed by atoms with Gasteiger partial charge in [-0.25, -0.2) is 0 Å². The number of amides is 4. The molecule has 2 aliphatic heterocycles. The van der Waals surface area contributed by atoms with Crippen molar-refractivity contribution in [2.75, 3.05) is 26.4 Å². The predicted molar refractivity (Wildman–Crippen MR) is 191 cm³/mol. The van der Waals surface area contributed by atoms with Crippen molar-refractivity contribution in [2.45, 2.75) is 45.1 Å². The third kappa shape index (κ3) is 8.19. The highest BCUT2D eigenvalue weighted by molar-refractivity contribution is 6.23. The van der Waals surface area contributed by atoms with Crippen molar-refractivity contribution in [3.8, 4) is 17.2 Å². The Bertz CT molecular complexity index is 1920. The molecule has 1 atom stereocenters. The number of phenolic OH excluding ortho intramolecular Hbond substituents is 1. The van der Waals surface area contributed by atoms with Crippen molar-refractivity contribution in [2.24, 2.45) is 0 Å². The van der Waals surface area contributed by atoms with Crippen molar-refractivity contribution in [1.82, 2.24) is 10.2 Å². The maximum Gasteiger partial charge on any atom is 0.262 e. The summed E-state index contributed by atoms with van der Waals surface area (Å²) in [6, 6.07) is 29.4. The van der Waals surface area contributed by atoms with Crippen LogP contribution in [0.5, 0.6) is 17.2 Å². The summed E-state index contributed by atoms with van der Waals surface area (Å²) in [7, 11) is 0. The Morgan fingerprint density at radius 3 is 1.98 bits per heavy atom. The van der Waals surface area contributed by atoms with Crippen molar-refractivity contribution in [3.63, 3.8) is 0 Å². The van der Waals surface area contributed by atoms with E-state index < -0.39 is 29.7 Å². The first-order chi connectivity index (χ1) is 24.8. The average molecular weight is 689 g/mol. The second kappa shape index (κ2) is 16.3. The van der Waals surface area contributed by atoms with E-state index in [2.05, 4.69) is 36.5 Å². The molecule has 0 aromatic heterocycles. The molecule has 4 amide bonds. The van der Waals surface area contributed by atoms with E-state index in [1.807, 2.05) is 42.5 Å². The fourth-order valence-corrected chi connectivity index (χ4v) is 6.37. The smallest absolute Gasteiger partial charge is 0.262 e. The van der Waals surface area contributed by atoms with Gasteiger partial charge in [-0.05, 0) is 83.1 Å². The van der Waals surface area contributed by atoms with Gasteiger partial charge < -0.3 is 19.3 Å². The summed E-state index contributed by atoms with van der Waals surface area (Å²) in [5.74, 6) is -0.735. The molecule has 2 heterocycles. The summed E-state index contributed by atoms with van der Waals surface area (Å²) in [5.41, 5.74) is 5.98. The minimum absolute atomic E-state index is 0.0688. The third-order valence-electron chi connectivity index (χ3n) is 8.89. The molecule has 1 saturated heterocycles. The lowest BCUT2D eigenvalue weighted by Crippen LogP contribution is -2.54. The van der Waals surface area contributed by atoms with Gasteiger partial charge in [0.05, 0.1) is 24.3 Å². The number of piperidine rings is 1. The number of allylic oxidation sites excluding steroid dienone is 1. The molecule has 0 aliphatic carbocycles. The van der Waals surface area contributed by atoms with Crippen LogP contribution in [0.15, 0.2) is 97.1 Å². The van der Waals surface area contributed by atoms with Crippen LogP contribution < -0.4 is 14.8 Å². The standard InChI is InChI=1S/C41H40N2O8/c1-2-33(27-8-4-3-5-9-27)38(28-10-14-30(44)15-11-28)29-12-16-31(17-13-29)50-24-6-22-49-23-7-25-51-32-18-19-34-35(26-32)41(48)43(40(34)47)36-20-21-37(45)42-39(36)46/h3-5,8-19,26,36,44H,2,6-7,20-25H2,1H3,(H,42,45,46)/b38-33-. The van der Waals surface area contributed by atoms with Crippen molar-refractivity contribution in [3.05, 3.63) is 125 Å². The lowest BCUT2D eigenvalue weighted by Gasteiger charge is -2.27. The Morgan fingerprint density at radius 1 is 0.725 bits per heavy atom. The van der Waals surface area contributed by atoms with Gasteiger partial charge in [0.25, 0.3) is 11.8 Å². The number of carbonyl (C=O) groups excluding carboxylic acids is 4. The fourth-order valence-electron chi connectivity index (χ4n) is 6.37. The molecule has 2 aliphatic rings. The molecule has 0 spiro atoms. The van der Waals surface area contributed by atoms with E-state index in [9.17, 15) is 24.3 Å². The number of ether oxygens (including phenoxy) is 3. The maximum atomic E-state index is 13.0. The second-order valence-electron chi connectivity index (χ2n) is 12.3. The highest BCUT2D eigenvalue weighted by Gasteiger charge is 2.44. The van der Waals surface area contributed by atoms with E-state index in [4.69, 9.17) is 14.2 Å². The van der Waals surface area contributed by atoms with E-state index >= 15 is 0 Å². The quantitative estimate of drug-likeness (QED) is 0.0832. The summed E-state index contributed by atoms with van der Waals surface area (Å²) >= 11 is 0. The number of rotatable bonds is 15. The molecule has 4 aromatic rings. The predicted octanol–water partition coefficient (Wildman–Crippen LogP) is 6.42. The zero-order valence-corrected chi connectivity index (χ0v) is 28.4. The molecule has 0 radical (unpaired) electrons. The van der Waals surface area contributed by atoms with Gasteiger partial charge in [-0.2, -0.15) is 0 Å². The molecule has 0 saturated carbocycles. The Kier molecular flexibility index (Phi) is 11.2. The summed E-state index contributed by atoms with van der Waals surface area (Å²) in [5, 5.41) is 12.1. The molecule has 262 valence electrons. The number of fused-ring (bicyclic) bond motifs is 1. The molecule has 1 unspecified atom stereocenters. The molecule has 2 N–H and O–H groups in total. The first-order valence-electron chi connectivity index (χ1n) is 17.2. The van der Waals surface area contributed by atoms with Crippen LogP contribution in [0.1, 0.15) is 76.4 Å². The highest BCUT2D eigenvalue weighted by atomic mass is 16.5. The molecular weight excluding hydrogens is 648 g/mol. The molecule has 4 aromatic carbocycles. The van der Waals surface area contributed by atoms with Crippen LogP contribution in [0.4, 0.5) is 0 Å². The number of hydrogen-bond donors (Lipinski definition) is 2. The molecule has 1 fully saturated rings. The topological polar surface area (TPSA) is 131 Å². The number of nitrogens with zero attached hydrogens (tertiary/aromatic N) is 1. The van der Waals surface area contributed by atoms with Gasteiger partial charge in [0, 0.05) is 32.5 Å². The molecule has 10 heteroatoms. The van der Waals surface area contributed by atoms with Crippen LogP contribution in [0.2, 0.25) is 0 Å². The molecule has 10 nitrogen and oxygen atoms in total. The molecule has 51 heavy (non-hydrogen) atoms. The van der Waals surface area contributed by atoms with E-state index in [0.717, 1.165) is 39.3 Å². The second-order valence-corrected chi connectivity index (χ2v) is 12.3. The van der Waals surface area contributed by atoms with Crippen molar-refractivity contribution >= 4 is 34.8 Å². The lowest BCUT2D eigenvalue weighted by atomic mass is 9.88. The number of hydrogen-bond acceptors (Lipinski definition) is 8. The van der Waals surface area contributed by atoms with Gasteiger partial charge in [-0.15, -0.1) is 0 Å². The number of carbonyl (C=O) groups is 4. The SMILES string of the molecule is CC/C(=C(\c1ccc(O)cc1)c1ccc(OCCCOCCCOc2ccc3c(c2)C(=O)N(C2CCC(=O)NC2=O)C3=O)cc1)c1ccccc1. The molecule has 0 bridgehead atoms. The van der Waals surface area contributed by atoms with Crippen LogP contribution in [0.25, 0.3) is 11.1 Å². The van der Waals surface area contributed by atoms with E-state index in [1.165, 1.54) is 17.7 Å². The molecular formula is C41H40N2O8. The number of imide groups is 2. The first kappa shape index (κ1) is 35.1. The monoisotopic (exact) mass is 688 g/mol. The summed E-state index contributed by atoms with van der Waals surface area (Å²) in [4.78, 5) is 50.6. The van der Waals surface area contributed by atoms with Crippen molar-refractivity contribution in [1.29, 1.82) is 0 Å². The van der Waals surface area contributed by atoms with Gasteiger partial charge in [0.1, 0.15) is 23.3 Å². The van der Waals surface area contributed by atoms with E-state index in [-0.39, 0.29) is 29.7 Å². The van der Waals surface area contributed by atoms with Gasteiger partial charge >= 0.3 is 0 Å². The summed E-state index contributed by atoms with van der Waals surface area (Å²) in [6.07, 6.45) is 2.35. The summed E-state index contributed by atoms with van der Waals surface area (Å²) < 4.78 is 17.5. The number of phenols is 1. The van der Waals surface area contributed by atoms with Crippen LogP contribution in [0.3, 0.4) is 0 Å². The summed E-state index contributed by atoms with van der Waals surface area (Å²) in [6.45, 7) is 4.00. The highest BCUT2D eigenvalue weighted by Crippen LogP contribution is 2.36. The van der Waals surface area contributed by atoms with Crippen molar-refractivity contribution < 1.29 is 38.5 Å². The minimum atomic E-state index is -1.00. The fraction of sp³-hybridized carbons (Fsp3) is 0.268. The van der Waals surface area contributed by atoms with Gasteiger partial charge in [0.15, 0.2) is 0 Å².